The third-order valence-corrected chi connectivity index (χ3v) is 2.27. The van der Waals surface area contributed by atoms with E-state index >= 15 is 0 Å². The van der Waals surface area contributed by atoms with Crippen molar-refractivity contribution in [1.82, 2.24) is 10.3 Å². The predicted octanol–water partition coefficient (Wildman–Crippen LogP) is -1.03. The molecule has 0 saturated heterocycles. The molecule has 7 heteroatoms. The molecule has 0 aliphatic rings. The Hall–Kier alpha value is -0.950. The minimum atomic E-state index is -3.34. The molecular formula is C5H9N3O3S. The van der Waals surface area contributed by atoms with Gasteiger partial charge in [-0.25, -0.2) is 13.0 Å². The highest BCUT2D eigenvalue weighted by Crippen LogP contribution is 2.09. The maximum atomic E-state index is 11.0. The van der Waals surface area contributed by atoms with Crippen LogP contribution in [-0.4, -0.2) is 31.5 Å². The fourth-order valence-corrected chi connectivity index (χ4v) is 1.51. The molecule has 0 bridgehead atoms. The Labute approximate surface area is 69.6 Å². The highest BCUT2D eigenvalue weighted by atomic mass is 32.2. The van der Waals surface area contributed by atoms with Crippen LogP contribution in [0.3, 0.4) is 0 Å². The summed E-state index contributed by atoms with van der Waals surface area (Å²) in [5.41, 5.74) is 5.52. The minimum Gasteiger partial charge on any atom is -0.330 e. The van der Waals surface area contributed by atoms with Gasteiger partial charge in [-0.1, -0.05) is 5.16 Å². The van der Waals surface area contributed by atoms with Crippen molar-refractivity contribution in [2.24, 2.45) is 5.73 Å². The van der Waals surface area contributed by atoms with E-state index in [-0.39, 0.29) is 5.03 Å². The molecule has 1 aromatic heterocycles. The topological polar surface area (TPSA) is 99.1 Å². The normalized spacial score (nSPS) is 11.8. The van der Waals surface area contributed by atoms with Crippen LogP contribution in [0, 0.1) is 0 Å². The molecule has 0 spiro atoms. The second-order valence-electron chi connectivity index (χ2n) is 2.33. The van der Waals surface area contributed by atoms with Gasteiger partial charge in [0.25, 0.3) is 0 Å². The molecule has 0 amide bonds. The second-order valence-corrected chi connectivity index (χ2v) is 4.26. The van der Waals surface area contributed by atoms with Crippen molar-refractivity contribution >= 4 is 9.84 Å². The third-order valence-electron chi connectivity index (χ3n) is 1.25. The average molecular weight is 191 g/mol. The largest absolute Gasteiger partial charge is 0.330 e. The van der Waals surface area contributed by atoms with Crippen LogP contribution in [-0.2, 0) is 16.3 Å². The first kappa shape index (κ1) is 9.14. The van der Waals surface area contributed by atoms with Crippen LogP contribution >= 0.6 is 0 Å². The van der Waals surface area contributed by atoms with Crippen molar-refractivity contribution in [2.75, 3.05) is 12.8 Å². The molecule has 0 fully saturated rings. The van der Waals surface area contributed by atoms with Crippen LogP contribution in [0.1, 0.15) is 5.69 Å². The summed E-state index contributed by atoms with van der Waals surface area (Å²) < 4.78 is 26.3. The minimum absolute atomic E-state index is 0.118. The molecule has 2 N–H and O–H groups in total. The number of rotatable bonds is 3. The van der Waals surface area contributed by atoms with Gasteiger partial charge in [0.05, 0.1) is 0 Å². The second kappa shape index (κ2) is 3.20. The maximum absolute atomic E-state index is 11.0. The van der Waals surface area contributed by atoms with Crippen LogP contribution in [0.4, 0.5) is 0 Å². The van der Waals surface area contributed by atoms with Gasteiger partial charge in [-0.3, -0.25) is 0 Å². The van der Waals surface area contributed by atoms with Gasteiger partial charge in [0.2, 0.25) is 5.03 Å². The molecule has 0 aliphatic heterocycles. The Morgan fingerprint density at radius 3 is 2.67 bits per heavy atom. The quantitative estimate of drug-likeness (QED) is 0.656. The van der Waals surface area contributed by atoms with Crippen molar-refractivity contribution in [2.45, 2.75) is 11.4 Å². The summed E-state index contributed by atoms with van der Waals surface area (Å²) in [5, 5.41) is 6.59. The smallest absolute Gasteiger partial charge is 0.222 e. The Morgan fingerprint density at radius 2 is 2.17 bits per heavy atom. The van der Waals surface area contributed by atoms with E-state index in [1.807, 2.05) is 0 Å². The maximum Gasteiger partial charge on any atom is 0.222 e. The predicted molar refractivity (Wildman–Crippen MR) is 40.2 cm³/mol. The highest BCUT2D eigenvalue weighted by molar-refractivity contribution is 7.90. The zero-order valence-corrected chi connectivity index (χ0v) is 7.34. The molecule has 0 aliphatic carbocycles. The standard InChI is InChI=1S/C5H9N3O3S/c1-12(9,10)5-4(2-3-6)7-11-8-5/h2-3,6H2,1H3. The first-order valence-electron chi connectivity index (χ1n) is 3.27. The Kier molecular flexibility index (Phi) is 2.43. The van der Waals surface area contributed by atoms with E-state index in [1.54, 1.807) is 0 Å². The molecule has 0 saturated carbocycles. The van der Waals surface area contributed by atoms with Crippen LogP contribution in [0.25, 0.3) is 0 Å². The summed E-state index contributed by atoms with van der Waals surface area (Å²) in [6.07, 6.45) is 1.40. The van der Waals surface area contributed by atoms with Gasteiger partial charge in [0.1, 0.15) is 5.69 Å². The van der Waals surface area contributed by atoms with Crippen molar-refractivity contribution < 1.29 is 13.0 Å². The van der Waals surface area contributed by atoms with Crippen molar-refractivity contribution in [3.63, 3.8) is 0 Å². The fourth-order valence-electron chi connectivity index (χ4n) is 0.770. The molecule has 1 heterocycles. The lowest BCUT2D eigenvalue weighted by Gasteiger charge is -1.92. The molecule has 0 radical (unpaired) electrons. The lowest BCUT2D eigenvalue weighted by Crippen LogP contribution is -2.08. The first-order chi connectivity index (χ1) is 5.55. The number of aromatic nitrogens is 2. The van der Waals surface area contributed by atoms with Gasteiger partial charge >= 0.3 is 0 Å². The molecule has 0 atom stereocenters. The summed E-state index contributed by atoms with van der Waals surface area (Å²) in [6, 6.07) is 0. The summed E-state index contributed by atoms with van der Waals surface area (Å²) in [7, 11) is -3.34. The van der Waals surface area contributed by atoms with Crippen LogP contribution in [0.15, 0.2) is 9.65 Å². The van der Waals surface area contributed by atoms with E-state index < -0.39 is 9.84 Å². The highest BCUT2D eigenvalue weighted by Gasteiger charge is 2.18. The Balaban J connectivity index is 3.08. The molecule has 0 unspecified atom stereocenters. The van der Waals surface area contributed by atoms with E-state index in [0.29, 0.717) is 18.7 Å². The van der Waals surface area contributed by atoms with Gasteiger partial charge in [-0.05, 0) is 11.7 Å². The van der Waals surface area contributed by atoms with E-state index in [2.05, 4.69) is 14.9 Å². The first-order valence-corrected chi connectivity index (χ1v) is 5.16. The fraction of sp³-hybridized carbons (Fsp3) is 0.600. The number of nitrogens with two attached hydrogens (primary N) is 1. The van der Waals surface area contributed by atoms with Crippen molar-refractivity contribution in [1.29, 1.82) is 0 Å². The van der Waals surface area contributed by atoms with E-state index in [4.69, 9.17) is 5.73 Å². The average Bonchev–Trinajstić information content (AvgIpc) is 2.34. The lowest BCUT2D eigenvalue weighted by atomic mass is 10.3. The van der Waals surface area contributed by atoms with Crippen LogP contribution < -0.4 is 5.73 Å². The van der Waals surface area contributed by atoms with Gasteiger partial charge in [0, 0.05) is 12.7 Å². The van der Waals surface area contributed by atoms with E-state index in [1.165, 1.54) is 0 Å². The zero-order chi connectivity index (χ0) is 9.19. The summed E-state index contributed by atoms with van der Waals surface area (Å²) >= 11 is 0. The van der Waals surface area contributed by atoms with Gasteiger partial charge in [0.15, 0.2) is 9.84 Å². The summed E-state index contributed by atoms with van der Waals surface area (Å²) in [4.78, 5) is 0. The molecule has 1 rings (SSSR count). The number of hydrogen-bond acceptors (Lipinski definition) is 6. The molecule has 1 aromatic rings. The van der Waals surface area contributed by atoms with E-state index in [0.717, 1.165) is 6.26 Å². The number of sulfone groups is 1. The third kappa shape index (κ3) is 1.80. The van der Waals surface area contributed by atoms with Crippen LogP contribution in [0.5, 0.6) is 0 Å². The molecule has 12 heavy (non-hydrogen) atoms. The van der Waals surface area contributed by atoms with Crippen molar-refractivity contribution in [3.8, 4) is 0 Å². The van der Waals surface area contributed by atoms with Crippen LogP contribution in [0.2, 0.25) is 0 Å². The molecule has 0 aromatic carbocycles. The van der Waals surface area contributed by atoms with Gasteiger partial charge < -0.3 is 5.73 Å². The molecular weight excluding hydrogens is 182 g/mol. The molecule has 68 valence electrons. The van der Waals surface area contributed by atoms with E-state index in [9.17, 15) is 8.42 Å². The zero-order valence-electron chi connectivity index (χ0n) is 6.52. The summed E-state index contributed by atoms with van der Waals surface area (Å²) in [6.45, 7) is 0.316. The Bertz CT molecular complexity index is 356. The SMILES string of the molecule is CS(=O)(=O)c1nonc1CCN. The van der Waals surface area contributed by atoms with Crippen molar-refractivity contribution in [3.05, 3.63) is 5.69 Å². The number of nitrogens with zero attached hydrogens (tertiary/aromatic N) is 2. The Morgan fingerprint density at radius 1 is 1.50 bits per heavy atom. The van der Waals surface area contributed by atoms with Gasteiger partial charge in [-0.2, -0.15) is 0 Å². The summed E-state index contributed by atoms with van der Waals surface area (Å²) in [5.74, 6) is 0. The van der Waals surface area contributed by atoms with Gasteiger partial charge in [-0.15, -0.1) is 0 Å². The lowest BCUT2D eigenvalue weighted by molar-refractivity contribution is 0.295. The monoisotopic (exact) mass is 191 g/mol. The number of hydrogen-bond donors (Lipinski definition) is 1. The molecule has 6 nitrogen and oxygen atoms in total.